The highest BCUT2D eigenvalue weighted by Gasteiger charge is 2.30. The van der Waals surface area contributed by atoms with Gasteiger partial charge in [-0.2, -0.15) is 18.3 Å². The lowest BCUT2D eigenvalue weighted by Crippen LogP contribution is -2.20. The number of carbonyl (C=O) groups is 1. The van der Waals surface area contributed by atoms with Crippen LogP contribution in [0.25, 0.3) is 0 Å². The van der Waals surface area contributed by atoms with Crippen molar-refractivity contribution in [3.05, 3.63) is 75.3 Å². The number of hydrazone groups is 1. The maximum atomic E-state index is 12.6. The van der Waals surface area contributed by atoms with Crippen LogP contribution in [0.3, 0.4) is 0 Å². The van der Waals surface area contributed by atoms with Gasteiger partial charge < -0.3 is 0 Å². The molecule has 2 aromatic carbocycles. The van der Waals surface area contributed by atoms with Gasteiger partial charge in [0.2, 0.25) is 5.91 Å². The Labute approximate surface area is 140 Å². The molecule has 0 saturated carbocycles. The summed E-state index contributed by atoms with van der Waals surface area (Å²) in [5, 5.41) is 14.2. The molecule has 0 aromatic heterocycles. The molecule has 0 atom stereocenters. The van der Waals surface area contributed by atoms with Crippen LogP contribution in [-0.2, 0) is 17.4 Å². The van der Waals surface area contributed by atoms with Gasteiger partial charge in [-0.15, -0.1) is 0 Å². The minimum absolute atomic E-state index is 0.0780. The zero-order chi connectivity index (χ0) is 18.4. The predicted octanol–water partition coefficient (Wildman–Crippen LogP) is 3.31. The molecular formula is C16H12F3N3O3. The van der Waals surface area contributed by atoms with Crippen molar-refractivity contribution in [2.45, 2.75) is 12.6 Å². The van der Waals surface area contributed by atoms with E-state index >= 15 is 0 Å². The van der Waals surface area contributed by atoms with Crippen molar-refractivity contribution in [1.29, 1.82) is 0 Å². The summed E-state index contributed by atoms with van der Waals surface area (Å²) < 4.78 is 37.8. The Bertz CT molecular complexity index is 802. The lowest BCUT2D eigenvalue weighted by Gasteiger charge is -2.08. The molecule has 0 aliphatic heterocycles. The molecule has 0 aliphatic carbocycles. The molecule has 1 N–H and O–H groups in total. The molecule has 0 heterocycles. The highest BCUT2D eigenvalue weighted by atomic mass is 19.4. The number of hydrogen-bond acceptors (Lipinski definition) is 4. The van der Waals surface area contributed by atoms with Crippen LogP contribution in [0.1, 0.15) is 16.7 Å². The normalized spacial score (nSPS) is 11.5. The minimum atomic E-state index is -4.47. The first-order valence-corrected chi connectivity index (χ1v) is 6.98. The predicted molar refractivity (Wildman–Crippen MR) is 84.0 cm³/mol. The molecule has 0 bridgehead atoms. The van der Waals surface area contributed by atoms with Gasteiger partial charge in [-0.3, -0.25) is 14.9 Å². The smallest absolute Gasteiger partial charge is 0.273 e. The standard InChI is InChI=1S/C16H12F3N3O3/c17-16(18,19)13-3-1-2-12(8-13)9-15(23)21-20-10-11-4-6-14(7-5-11)22(24)25/h1-8,10H,9H2,(H,21,23)/b20-10-. The average molecular weight is 351 g/mol. The largest absolute Gasteiger partial charge is 0.416 e. The van der Waals surface area contributed by atoms with Gasteiger partial charge >= 0.3 is 6.18 Å². The molecule has 0 radical (unpaired) electrons. The van der Waals surface area contributed by atoms with E-state index in [-0.39, 0.29) is 17.7 Å². The summed E-state index contributed by atoms with van der Waals surface area (Å²) >= 11 is 0. The molecular weight excluding hydrogens is 339 g/mol. The first-order valence-electron chi connectivity index (χ1n) is 6.98. The zero-order valence-corrected chi connectivity index (χ0v) is 12.7. The van der Waals surface area contributed by atoms with E-state index < -0.39 is 22.6 Å². The third-order valence-electron chi connectivity index (χ3n) is 3.13. The molecule has 1 amide bonds. The van der Waals surface area contributed by atoms with Crippen molar-refractivity contribution >= 4 is 17.8 Å². The molecule has 0 saturated heterocycles. The summed E-state index contributed by atoms with van der Waals surface area (Å²) in [5.41, 5.74) is 2.01. The van der Waals surface area contributed by atoms with Gasteiger partial charge in [0, 0.05) is 12.1 Å². The van der Waals surface area contributed by atoms with E-state index in [2.05, 4.69) is 10.5 Å². The molecule has 130 valence electrons. The van der Waals surface area contributed by atoms with Crippen molar-refractivity contribution < 1.29 is 22.9 Å². The number of nitrogens with zero attached hydrogens (tertiary/aromatic N) is 2. The number of nitrogens with one attached hydrogen (secondary N) is 1. The highest BCUT2D eigenvalue weighted by Crippen LogP contribution is 2.29. The number of halogens is 3. The number of benzene rings is 2. The van der Waals surface area contributed by atoms with Crippen LogP contribution in [0.15, 0.2) is 53.6 Å². The number of amides is 1. The number of carbonyl (C=O) groups excluding carboxylic acids is 1. The van der Waals surface area contributed by atoms with Crippen LogP contribution in [0.5, 0.6) is 0 Å². The number of hydrogen-bond donors (Lipinski definition) is 1. The number of rotatable bonds is 5. The summed E-state index contributed by atoms with van der Waals surface area (Å²) in [6, 6.07) is 9.92. The Hall–Kier alpha value is -3.23. The molecule has 2 aromatic rings. The lowest BCUT2D eigenvalue weighted by molar-refractivity contribution is -0.384. The van der Waals surface area contributed by atoms with E-state index in [0.717, 1.165) is 12.1 Å². The first-order chi connectivity index (χ1) is 11.8. The van der Waals surface area contributed by atoms with Crippen LogP contribution >= 0.6 is 0 Å². The summed E-state index contributed by atoms with van der Waals surface area (Å²) in [6.07, 6.45) is -3.46. The fourth-order valence-electron chi connectivity index (χ4n) is 1.94. The molecule has 0 aliphatic rings. The fourth-order valence-corrected chi connectivity index (χ4v) is 1.94. The van der Waals surface area contributed by atoms with Crippen molar-refractivity contribution in [3.8, 4) is 0 Å². The maximum Gasteiger partial charge on any atom is 0.416 e. The van der Waals surface area contributed by atoms with Gasteiger partial charge in [0.1, 0.15) is 0 Å². The van der Waals surface area contributed by atoms with E-state index in [4.69, 9.17) is 0 Å². The fraction of sp³-hybridized carbons (Fsp3) is 0.125. The average Bonchev–Trinajstić information content (AvgIpc) is 2.55. The van der Waals surface area contributed by atoms with Crippen LogP contribution in [-0.4, -0.2) is 17.0 Å². The monoisotopic (exact) mass is 351 g/mol. The second kappa shape index (κ2) is 7.56. The molecule has 2 rings (SSSR count). The Kier molecular flexibility index (Phi) is 5.48. The third-order valence-corrected chi connectivity index (χ3v) is 3.13. The van der Waals surface area contributed by atoms with Gasteiger partial charge in [0.15, 0.2) is 0 Å². The first kappa shape index (κ1) is 18.1. The lowest BCUT2D eigenvalue weighted by atomic mass is 10.1. The van der Waals surface area contributed by atoms with Crippen LogP contribution < -0.4 is 5.43 Å². The topological polar surface area (TPSA) is 84.6 Å². The van der Waals surface area contributed by atoms with Crippen LogP contribution in [0, 0.1) is 10.1 Å². The minimum Gasteiger partial charge on any atom is -0.273 e. The van der Waals surface area contributed by atoms with Crippen LogP contribution in [0.2, 0.25) is 0 Å². The zero-order valence-electron chi connectivity index (χ0n) is 12.7. The second-order valence-corrected chi connectivity index (χ2v) is 5.02. The quantitative estimate of drug-likeness (QED) is 0.509. The number of nitro groups is 1. The Morgan fingerprint density at radius 3 is 2.48 bits per heavy atom. The van der Waals surface area contributed by atoms with Crippen molar-refractivity contribution in [2.75, 3.05) is 0 Å². The Balaban J connectivity index is 1.93. The van der Waals surface area contributed by atoms with E-state index in [1.54, 1.807) is 0 Å². The van der Waals surface area contributed by atoms with Crippen molar-refractivity contribution in [1.82, 2.24) is 5.43 Å². The van der Waals surface area contributed by atoms with Crippen LogP contribution in [0.4, 0.5) is 18.9 Å². The number of nitro benzene ring substituents is 1. The van der Waals surface area contributed by atoms with Gasteiger partial charge in [-0.05, 0) is 29.3 Å². The summed E-state index contributed by atoms with van der Waals surface area (Å²) in [5.74, 6) is -0.586. The van der Waals surface area contributed by atoms with E-state index in [1.165, 1.54) is 42.6 Å². The van der Waals surface area contributed by atoms with E-state index in [0.29, 0.717) is 5.56 Å². The molecule has 9 heteroatoms. The van der Waals surface area contributed by atoms with Gasteiger partial charge in [0.25, 0.3) is 5.69 Å². The van der Waals surface area contributed by atoms with E-state index in [1.807, 2.05) is 0 Å². The Morgan fingerprint density at radius 1 is 1.20 bits per heavy atom. The molecule has 0 unspecified atom stereocenters. The number of alkyl halides is 3. The van der Waals surface area contributed by atoms with Crippen molar-refractivity contribution in [3.63, 3.8) is 0 Å². The van der Waals surface area contributed by atoms with Gasteiger partial charge in [0.05, 0.1) is 23.1 Å². The van der Waals surface area contributed by atoms with Gasteiger partial charge in [-0.1, -0.05) is 18.2 Å². The summed E-state index contributed by atoms with van der Waals surface area (Å²) in [4.78, 5) is 21.7. The molecule has 25 heavy (non-hydrogen) atoms. The molecule has 0 fully saturated rings. The second-order valence-electron chi connectivity index (χ2n) is 5.02. The Morgan fingerprint density at radius 2 is 1.88 bits per heavy atom. The summed E-state index contributed by atoms with van der Waals surface area (Å²) in [6.45, 7) is 0. The maximum absolute atomic E-state index is 12.6. The molecule has 6 nitrogen and oxygen atoms in total. The summed E-state index contributed by atoms with van der Waals surface area (Å²) in [7, 11) is 0. The van der Waals surface area contributed by atoms with E-state index in [9.17, 15) is 28.1 Å². The van der Waals surface area contributed by atoms with Crippen molar-refractivity contribution in [2.24, 2.45) is 5.10 Å². The SMILES string of the molecule is O=C(Cc1cccc(C(F)(F)F)c1)N/N=C\c1ccc([N+](=O)[O-])cc1. The molecule has 0 spiro atoms. The highest BCUT2D eigenvalue weighted by molar-refractivity contribution is 5.83. The van der Waals surface area contributed by atoms with Gasteiger partial charge in [-0.25, -0.2) is 5.43 Å². The third kappa shape index (κ3) is 5.41. The number of non-ortho nitro benzene ring substituents is 1.